The first-order chi connectivity index (χ1) is 69.9. The molecule has 4 atom stereocenters. The number of hydrogen-bond acceptors (Lipinski definition) is 4. The van der Waals surface area contributed by atoms with Gasteiger partial charge in [0, 0.05) is 112 Å². The molecule has 8 heterocycles. The summed E-state index contributed by atoms with van der Waals surface area (Å²) < 4.78 is 111. The molecule has 0 radical (unpaired) electrons. The zero-order valence-electron chi connectivity index (χ0n) is 85.8. The van der Waals surface area contributed by atoms with Gasteiger partial charge in [-0.05, 0) is 262 Å². The number of pyridine rings is 4. The minimum Gasteiger partial charge on any atom is -0.308 e. The Hall–Kier alpha value is -16.2. The van der Waals surface area contributed by atoms with E-state index in [1.54, 1.807) is 12.4 Å². The Balaban J connectivity index is 0.000000101. The average molecular weight is 1720 g/mol. The number of hydrogen-bond donors (Lipinski definition) is 0. The monoisotopic (exact) mass is 1720 g/mol. The van der Waals surface area contributed by atoms with Crippen LogP contribution in [0.5, 0.6) is 0 Å². The molecule has 0 bridgehead atoms. The van der Waals surface area contributed by atoms with Crippen LogP contribution in [0.15, 0.2) is 407 Å². The second-order valence-corrected chi connectivity index (χ2v) is 36.5. The topological polar surface area (TPSA) is 71.3 Å². The van der Waals surface area contributed by atoms with E-state index in [2.05, 4.69) is 244 Å². The van der Waals surface area contributed by atoms with Crippen molar-refractivity contribution in [1.29, 1.82) is 0 Å². The van der Waals surface area contributed by atoms with Gasteiger partial charge in [-0.25, -0.2) is 0 Å². The van der Waals surface area contributed by atoms with Crippen LogP contribution in [0.4, 0.5) is 0 Å². The highest BCUT2D eigenvalue weighted by atomic mass is 15.0. The van der Waals surface area contributed by atoms with Gasteiger partial charge in [0.25, 0.3) is 0 Å². The largest absolute Gasteiger partial charge is 0.308 e. The Labute approximate surface area is 789 Å². The summed E-state index contributed by atoms with van der Waals surface area (Å²) in [4.78, 5) is 19.3. The van der Waals surface area contributed by atoms with Crippen LogP contribution in [0.1, 0.15) is 122 Å². The van der Waals surface area contributed by atoms with Crippen LogP contribution >= 0.6 is 0 Å². The third-order valence-electron chi connectivity index (χ3n) is 28.5. The number of aromatic nitrogens is 8. The molecule has 8 aromatic heterocycles. The Morgan fingerprint density at radius 3 is 1.07 bits per heavy atom. The molecule has 0 saturated heterocycles. The number of nitrogens with zero attached hydrogens (tertiary/aromatic N) is 8. The van der Waals surface area contributed by atoms with E-state index in [0.29, 0.717) is 0 Å². The lowest BCUT2D eigenvalue weighted by Gasteiger charge is -2.21. The quantitative estimate of drug-likeness (QED) is 0.166. The van der Waals surface area contributed by atoms with Gasteiger partial charge in [0.1, 0.15) is 0 Å². The maximum atomic E-state index is 8.53. The van der Waals surface area contributed by atoms with Crippen molar-refractivity contribution in [3.63, 3.8) is 0 Å². The van der Waals surface area contributed by atoms with E-state index in [4.69, 9.17) is 36.4 Å². The van der Waals surface area contributed by atoms with Crippen molar-refractivity contribution in [3.05, 3.63) is 457 Å². The van der Waals surface area contributed by atoms with E-state index in [9.17, 15) is 0 Å². The van der Waals surface area contributed by atoms with Crippen molar-refractivity contribution in [2.75, 3.05) is 0 Å². The van der Waals surface area contributed by atoms with Gasteiger partial charge in [0.05, 0.1) is 71.9 Å². The molecule has 0 amide bonds. The molecule has 4 aliphatic carbocycles. The minimum absolute atomic E-state index is 0.835. The molecule has 634 valence electrons. The molecule has 24 aromatic rings. The molecule has 16 aromatic carbocycles. The highest BCUT2D eigenvalue weighted by molar-refractivity contribution is 6.15. The standard InChI is InChI=1S/2C32H24N2.C31H24N2.C30H22N2/c1-32(2)27-16-10-9-15-24(27)25-19-29-26(18-28(25)32)31-30(34(29)23-13-7-4-8-14-23)17-22(20-33-31)21-11-5-3-6-12-21;1-32(2)27-12-7-6-11-24(27)25-20-30-26(19-28(25)32)31-29(13-8-18-33-31)34(30)23-16-14-22(15-17-23)21-9-4-3-5-10-21;1-19-15-29-30(32-18-19)24-16-26-23(22-12-6-7-13-25(22)31(26,2)3)17-28(24)33(29)27-14-8-10-20-9-4-5-11-21(20)27;1-30(2)25-11-6-5-10-22(25)23-18-28-24(17-26(23)30)29-27(12-7-15-31-29)32(28)21-14-13-19-8-3-4-9-20(19)16-21/h2*3-20H,1-2H3;4-18H,1-3H3;3-18H,1-2H3/i2*1D3;2D3;1D3. The zero-order valence-corrected chi connectivity index (χ0v) is 73.8. The molecule has 28 rings (SSSR count). The fourth-order valence-electron chi connectivity index (χ4n) is 22.1. The third kappa shape index (κ3) is 12.2. The van der Waals surface area contributed by atoms with Crippen LogP contribution in [-0.2, 0) is 21.7 Å². The van der Waals surface area contributed by atoms with Gasteiger partial charge in [-0.3, -0.25) is 19.9 Å². The molecule has 4 aliphatic rings. The van der Waals surface area contributed by atoms with E-state index in [-0.39, 0.29) is 0 Å². The van der Waals surface area contributed by atoms with Gasteiger partial charge in [0.2, 0.25) is 0 Å². The second-order valence-electron chi connectivity index (χ2n) is 36.5. The molecular formula is C125H94N8. The first kappa shape index (κ1) is 67.1. The van der Waals surface area contributed by atoms with E-state index in [0.717, 1.165) is 227 Å². The summed E-state index contributed by atoms with van der Waals surface area (Å²) in [6, 6.07) is 130. The van der Waals surface area contributed by atoms with Crippen molar-refractivity contribution >= 4 is 109 Å². The zero-order chi connectivity index (χ0) is 99.5. The van der Waals surface area contributed by atoms with E-state index in [1.165, 1.54) is 21.7 Å². The Bertz CT molecular complexity index is 9480. The minimum atomic E-state index is -2.20. The summed E-state index contributed by atoms with van der Waals surface area (Å²) in [5.74, 6) is 0. The van der Waals surface area contributed by atoms with E-state index >= 15 is 0 Å². The van der Waals surface area contributed by atoms with Crippen LogP contribution in [-0.4, -0.2) is 38.2 Å². The summed E-state index contributed by atoms with van der Waals surface area (Å²) >= 11 is 0. The number of para-hydroxylation sites is 1. The number of aryl methyl sites for hydroxylation is 1. The molecule has 0 spiro atoms. The lowest BCUT2D eigenvalue weighted by molar-refractivity contribution is 0.661. The number of benzene rings is 16. The smallest absolute Gasteiger partial charge is 0.0964 e. The predicted molar refractivity (Wildman–Crippen MR) is 555 cm³/mol. The Morgan fingerprint density at radius 1 is 0.218 bits per heavy atom. The normalized spacial score (nSPS) is 18.6. The van der Waals surface area contributed by atoms with E-state index in [1.807, 2.05) is 204 Å². The molecule has 0 fully saturated rings. The molecular weight excluding hydrogens is 1610 g/mol. The van der Waals surface area contributed by atoms with Crippen LogP contribution in [0.25, 0.3) is 199 Å². The average Bonchev–Trinajstić information content (AvgIpc) is 1.58. The molecule has 0 aliphatic heterocycles. The lowest BCUT2D eigenvalue weighted by atomic mass is 9.82. The van der Waals surface area contributed by atoms with E-state index < -0.39 is 49.1 Å². The maximum Gasteiger partial charge on any atom is 0.0964 e. The molecule has 0 saturated carbocycles. The highest BCUT2D eigenvalue weighted by Gasteiger charge is 2.41. The highest BCUT2D eigenvalue weighted by Crippen LogP contribution is 2.57. The van der Waals surface area contributed by atoms with Gasteiger partial charge in [0.15, 0.2) is 0 Å². The summed E-state index contributed by atoms with van der Waals surface area (Å²) in [7, 11) is 0. The van der Waals surface area contributed by atoms with Gasteiger partial charge in [-0.1, -0.05) is 310 Å². The molecule has 133 heavy (non-hydrogen) atoms. The summed E-state index contributed by atoms with van der Waals surface area (Å²) in [6.45, 7) is 0.699. The van der Waals surface area contributed by atoms with Crippen molar-refractivity contribution in [1.82, 2.24) is 38.2 Å². The molecule has 8 nitrogen and oxygen atoms in total. The van der Waals surface area contributed by atoms with Crippen LogP contribution in [0, 0.1) is 6.92 Å². The molecule has 0 N–H and O–H groups in total. The molecule has 4 unspecified atom stereocenters. The predicted octanol–water partition coefficient (Wildman–Crippen LogP) is 31.9. The number of rotatable bonds is 6. The maximum absolute atomic E-state index is 8.53. The van der Waals surface area contributed by atoms with Gasteiger partial charge >= 0.3 is 0 Å². The van der Waals surface area contributed by atoms with Crippen molar-refractivity contribution in [2.24, 2.45) is 0 Å². The summed E-state index contributed by atoms with van der Waals surface area (Å²) in [6.07, 6.45) is 7.41. The van der Waals surface area contributed by atoms with Crippen molar-refractivity contribution in [3.8, 4) is 89.5 Å². The third-order valence-corrected chi connectivity index (χ3v) is 28.5. The molecule has 8 heteroatoms. The van der Waals surface area contributed by atoms with Gasteiger partial charge < -0.3 is 18.3 Å². The summed E-state index contributed by atoms with van der Waals surface area (Å²) in [5.41, 5.74) is 31.7. The fraction of sp³-hybridized carbons (Fsp3) is 0.104. The second kappa shape index (κ2) is 30.0. The first-order valence-electron chi connectivity index (χ1n) is 51.4. The Kier molecular flexibility index (Phi) is 15.1. The Morgan fingerprint density at radius 2 is 0.579 bits per heavy atom. The van der Waals surface area contributed by atoms with Crippen LogP contribution in [0.3, 0.4) is 0 Å². The number of fused-ring (bicyclic) bond motifs is 26. The van der Waals surface area contributed by atoms with Crippen molar-refractivity contribution in [2.45, 2.75) is 83.7 Å². The summed E-state index contributed by atoms with van der Waals surface area (Å²) in [5, 5.41) is 8.56. The van der Waals surface area contributed by atoms with Crippen LogP contribution < -0.4 is 0 Å². The van der Waals surface area contributed by atoms with Gasteiger partial charge in [-0.15, -0.1) is 0 Å². The first-order valence-corrected chi connectivity index (χ1v) is 45.4. The lowest BCUT2D eigenvalue weighted by Crippen LogP contribution is -2.14. The van der Waals surface area contributed by atoms with Gasteiger partial charge in [-0.2, -0.15) is 0 Å². The van der Waals surface area contributed by atoms with Crippen LogP contribution in [0.2, 0.25) is 0 Å². The SMILES string of the molecule is [2H]C([2H])([2H])C1(C)c2ccccc2-c2cc3c(cc21)c1ncc(-c2ccccc2)cc1n3-c1ccccc1.[2H]C([2H])([2H])C1(C)c2ccccc2-c2cc3c(cc21)c1ncc(C)cc1n3-c1cccc2ccccc12.[2H]C([2H])([2H])C1(C)c2ccccc2-c2cc3c(cc21)c1ncccc1n3-c1ccc(-c2ccccc2)cc1.[2H]C([2H])([2H])C1(C)c2ccccc2-c2cc3c(cc21)c1ncccc1n3-c1ccc2ccccc2c1. The fourth-order valence-corrected chi connectivity index (χ4v) is 22.1. The van der Waals surface area contributed by atoms with Crippen molar-refractivity contribution < 1.29 is 16.4 Å².